The third kappa shape index (κ3) is 17.2. The van der Waals surface area contributed by atoms with E-state index < -0.39 is 5.97 Å². The van der Waals surface area contributed by atoms with Crippen molar-refractivity contribution in [1.29, 1.82) is 0 Å². The fraction of sp³-hybridized carbons (Fsp3) is 0.824. The van der Waals surface area contributed by atoms with Crippen molar-refractivity contribution in [3.05, 3.63) is 12.2 Å². The Morgan fingerprint density at radius 2 is 1.26 bits per heavy atom. The Balaban J connectivity index is 3.06. The van der Waals surface area contributed by atoms with Crippen LogP contribution in [0.3, 0.4) is 0 Å². The first kappa shape index (κ1) is 18.2. The number of unbranched alkanes of at least 4 members (excludes halogenated alkanes) is 10. The summed E-state index contributed by atoms with van der Waals surface area (Å²) >= 11 is 0. The lowest BCUT2D eigenvalue weighted by Gasteiger charge is -1.98. The van der Waals surface area contributed by atoms with Crippen molar-refractivity contribution in [2.75, 3.05) is 0 Å². The molecule has 19 heavy (non-hydrogen) atoms. The number of rotatable bonds is 14. The summed E-state index contributed by atoms with van der Waals surface area (Å²) in [5.41, 5.74) is 0. The molecule has 0 heterocycles. The summed E-state index contributed by atoms with van der Waals surface area (Å²) < 4.78 is 0. The highest BCUT2D eigenvalue weighted by Gasteiger charge is 1.95. The van der Waals surface area contributed by atoms with Gasteiger partial charge >= 0.3 is 5.97 Å². The molecule has 0 aromatic heterocycles. The van der Waals surface area contributed by atoms with Gasteiger partial charge in [0.15, 0.2) is 0 Å². The van der Waals surface area contributed by atoms with Gasteiger partial charge in [-0.25, -0.2) is 0 Å². The lowest BCUT2D eigenvalue weighted by Crippen LogP contribution is -1.93. The molecule has 0 rings (SSSR count). The maximum absolute atomic E-state index is 10.3. The SMILES string of the molecule is CCCCCCC/C=C/CCCCCCCC(=O)O. The molecular formula is C17H32O2. The Kier molecular flexibility index (Phi) is 14.6. The maximum Gasteiger partial charge on any atom is 0.303 e. The van der Waals surface area contributed by atoms with Crippen LogP contribution in [0.15, 0.2) is 12.2 Å². The molecule has 0 amide bonds. The molecule has 2 nitrogen and oxygen atoms in total. The zero-order valence-electron chi connectivity index (χ0n) is 12.7. The molecule has 0 aliphatic heterocycles. The summed E-state index contributed by atoms with van der Waals surface area (Å²) in [5.74, 6) is -0.665. The van der Waals surface area contributed by atoms with Gasteiger partial charge in [-0.15, -0.1) is 0 Å². The fourth-order valence-electron chi connectivity index (χ4n) is 2.17. The first-order valence-electron chi connectivity index (χ1n) is 8.14. The molecule has 0 saturated heterocycles. The van der Waals surface area contributed by atoms with Crippen LogP contribution in [0.1, 0.15) is 90.4 Å². The quantitative estimate of drug-likeness (QED) is 0.323. The zero-order valence-corrected chi connectivity index (χ0v) is 12.7. The van der Waals surface area contributed by atoms with Crippen LogP contribution >= 0.6 is 0 Å². The molecule has 0 atom stereocenters. The number of carboxylic acid groups (broad SMARTS) is 1. The van der Waals surface area contributed by atoms with E-state index in [0.29, 0.717) is 6.42 Å². The molecule has 0 unspecified atom stereocenters. The Labute approximate surface area is 119 Å². The van der Waals surface area contributed by atoms with Crippen molar-refractivity contribution in [2.24, 2.45) is 0 Å². The van der Waals surface area contributed by atoms with Crippen LogP contribution in [0.25, 0.3) is 0 Å². The smallest absolute Gasteiger partial charge is 0.303 e. The first-order chi connectivity index (χ1) is 9.27. The fourth-order valence-corrected chi connectivity index (χ4v) is 2.17. The Hall–Kier alpha value is -0.790. The lowest BCUT2D eigenvalue weighted by atomic mass is 10.1. The average Bonchev–Trinajstić information content (AvgIpc) is 2.39. The molecule has 0 aliphatic carbocycles. The van der Waals surface area contributed by atoms with Gasteiger partial charge in [-0.05, 0) is 32.1 Å². The van der Waals surface area contributed by atoms with Gasteiger partial charge in [0.2, 0.25) is 0 Å². The molecule has 112 valence electrons. The van der Waals surface area contributed by atoms with Crippen LogP contribution in [0, 0.1) is 0 Å². The van der Waals surface area contributed by atoms with Gasteiger partial charge in [-0.2, -0.15) is 0 Å². The van der Waals surface area contributed by atoms with Crippen LogP contribution in [0.5, 0.6) is 0 Å². The third-order valence-electron chi connectivity index (χ3n) is 3.40. The summed E-state index contributed by atoms with van der Waals surface area (Å²) in [6.07, 6.45) is 19.8. The van der Waals surface area contributed by atoms with E-state index in [1.807, 2.05) is 0 Å². The van der Waals surface area contributed by atoms with Crippen molar-refractivity contribution in [1.82, 2.24) is 0 Å². The summed E-state index contributed by atoms with van der Waals surface area (Å²) in [4.78, 5) is 10.3. The minimum absolute atomic E-state index is 0.331. The number of aliphatic carboxylic acids is 1. The van der Waals surface area contributed by atoms with E-state index in [-0.39, 0.29) is 0 Å². The lowest BCUT2D eigenvalue weighted by molar-refractivity contribution is -0.137. The molecule has 0 fully saturated rings. The molecule has 0 spiro atoms. The normalized spacial score (nSPS) is 11.2. The van der Waals surface area contributed by atoms with Gasteiger partial charge in [-0.3, -0.25) is 4.79 Å². The minimum atomic E-state index is -0.665. The van der Waals surface area contributed by atoms with E-state index in [1.54, 1.807) is 0 Å². The molecule has 0 aliphatic rings. The van der Waals surface area contributed by atoms with Crippen molar-refractivity contribution in [3.8, 4) is 0 Å². The third-order valence-corrected chi connectivity index (χ3v) is 3.40. The number of hydrogen-bond acceptors (Lipinski definition) is 1. The molecule has 2 heteroatoms. The molecule has 0 bridgehead atoms. The van der Waals surface area contributed by atoms with Crippen molar-refractivity contribution in [3.63, 3.8) is 0 Å². The summed E-state index contributed by atoms with van der Waals surface area (Å²) in [6, 6.07) is 0. The molecule has 0 saturated carbocycles. The van der Waals surface area contributed by atoms with Gasteiger partial charge in [0, 0.05) is 6.42 Å². The standard InChI is InChI=1S/C17H32O2/c1-2-3-4-5-6-7-8-9-10-11-12-13-14-15-16-17(18)19/h8-9H,2-7,10-16H2,1H3,(H,18,19)/b9-8+. The predicted molar refractivity (Wildman–Crippen MR) is 82.5 cm³/mol. The van der Waals surface area contributed by atoms with Gasteiger partial charge < -0.3 is 5.11 Å². The summed E-state index contributed by atoms with van der Waals surface area (Å²) in [7, 11) is 0. The molecule has 0 aromatic carbocycles. The monoisotopic (exact) mass is 268 g/mol. The largest absolute Gasteiger partial charge is 0.481 e. The van der Waals surface area contributed by atoms with Crippen LogP contribution in [0.4, 0.5) is 0 Å². The van der Waals surface area contributed by atoms with E-state index >= 15 is 0 Å². The van der Waals surface area contributed by atoms with Crippen molar-refractivity contribution in [2.45, 2.75) is 90.4 Å². The second-order valence-corrected chi connectivity index (χ2v) is 5.37. The second-order valence-electron chi connectivity index (χ2n) is 5.37. The second kappa shape index (κ2) is 15.3. The highest BCUT2D eigenvalue weighted by atomic mass is 16.4. The Bertz CT molecular complexity index is 221. The van der Waals surface area contributed by atoms with E-state index in [2.05, 4.69) is 19.1 Å². The highest BCUT2D eigenvalue weighted by Crippen LogP contribution is 2.09. The highest BCUT2D eigenvalue weighted by molar-refractivity contribution is 5.66. The summed E-state index contributed by atoms with van der Waals surface area (Å²) in [6.45, 7) is 2.25. The van der Waals surface area contributed by atoms with Crippen LogP contribution in [-0.2, 0) is 4.79 Å². The number of hydrogen-bond donors (Lipinski definition) is 1. The summed E-state index contributed by atoms with van der Waals surface area (Å²) in [5, 5.41) is 8.50. The Morgan fingerprint density at radius 3 is 1.79 bits per heavy atom. The van der Waals surface area contributed by atoms with Gasteiger partial charge in [-0.1, -0.05) is 64.0 Å². The van der Waals surface area contributed by atoms with Crippen LogP contribution < -0.4 is 0 Å². The number of carbonyl (C=O) groups is 1. The van der Waals surface area contributed by atoms with Crippen molar-refractivity contribution < 1.29 is 9.90 Å². The van der Waals surface area contributed by atoms with Crippen LogP contribution in [0.2, 0.25) is 0 Å². The van der Waals surface area contributed by atoms with E-state index in [1.165, 1.54) is 64.2 Å². The number of carboxylic acids is 1. The zero-order chi connectivity index (χ0) is 14.2. The molecular weight excluding hydrogens is 236 g/mol. The van der Waals surface area contributed by atoms with E-state index in [9.17, 15) is 4.79 Å². The first-order valence-corrected chi connectivity index (χ1v) is 8.14. The number of allylic oxidation sites excluding steroid dienone is 2. The molecule has 1 N–H and O–H groups in total. The van der Waals surface area contributed by atoms with Crippen molar-refractivity contribution >= 4 is 5.97 Å². The maximum atomic E-state index is 10.3. The molecule has 0 radical (unpaired) electrons. The van der Waals surface area contributed by atoms with Gasteiger partial charge in [0.25, 0.3) is 0 Å². The predicted octanol–water partition coefficient (Wildman–Crippen LogP) is 5.72. The van der Waals surface area contributed by atoms with Gasteiger partial charge in [0.05, 0.1) is 0 Å². The topological polar surface area (TPSA) is 37.3 Å². The molecule has 0 aromatic rings. The van der Waals surface area contributed by atoms with E-state index in [4.69, 9.17) is 5.11 Å². The average molecular weight is 268 g/mol. The van der Waals surface area contributed by atoms with Gasteiger partial charge in [0.1, 0.15) is 0 Å². The van der Waals surface area contributed by atoms with Crippen LogP contribution in [-0.4, -0.2) is 11.1 Å². The minimum Gasteiger partial charge on any atom is -0.481 e. The van der Waals surface area contributed by atoms with E-state index in [0.717, 1.165) is 12.8 Å². The Morgan fingerprint density at radius 1 is 0.789 bits per heavy atom.